The molecule has 0 aliphatic carbocycles. The maximum Gasteiger partial charge on any atom is 0.139 e. The summed E-state index contributed by atoms with van der Waals surface area (Å²) in [6.07, 6.45) is 6.98. The Labute approximate surface area is 168 Å². The molecule has 29 heavy (non-hydrogen) atoms. The van der Waals surface area contributed by atoms with E-state index in [9.17, 15) is 5.26 Å². The van der Waals surface area contributed by atoms with Gasteiger partial charge >= 0.3 is 0 Å². The molecule has 0 bridgehead atoms. The molecule has 4 aromatic rings. The van der Waals surface area contributed by atoms with Crippen LogP contribution in [0.3, 0.4) is 0 Å². The van der Waals surface area contributed by atoms with Gasteiger partial charge in [0.25, 0.3) is 0 Å². The molecule has 0 radical (unpaired) electrons. The van der Waals surface area contributed by atoms with Crippen molar-refractivity contribution in [3.05, 3.63) is 114 Å². The van der Waals surface area contributed by atoms with E-state index in [0.717, 1.165) is 16.8 Å². The molecule has 3 aromatic heterocycles. The van der Waals surface area contributed by atoms with Crippen molar-refractivity contribution in [2.24, 2.45) is 0 Å². The highest BCUT2D eigenvalue weighted by Gasteiger charge is 2.31. The van der Waals surface area contributed by atoms with Crippen LogP contribution in [0.2, 0.25) is 0 Å². The Hall–Kier alpha value is -4.11. The summed E-state index contributed by atoms with van der Waals surface area (Å²) in [6, 6.07) is 21.1. The van der Waals surface area contributed by atoms with Crippen LogP contribution >= 0.6 is 0 Å². The lowest BCUT2D eigenvalue weighted by molar-refractivity contribution is 0.636. The fourth-order valence-corrected chi connectivity index (χ4v) is 3.48. The second-order valence-electron chi connectivity index (χ2n) is 6.57. The number of nitrogens with zero attached hydrogens (tertiary/aromatic N) is 5. The van der Waals surface area contributed by atoms with Crippen molar-refractivity contribution >= 4 is 5.82 Å². The molecule has 0 saturated heterocycles. The third-order valence-corrected chi connectivity index (χ3v) is 4.73. The standard InChI is InChI=1S/C23H18N6/c24-14-16-5-3-6-17(13-16)22(23-28-12-9-20(25)29-23)21(18-7-4-10-26-15-18)19-8-1-2-11-27-19/h1-13,15,21-22H,(H2,25,28,29). The van der Waals surface area contributed by atoms with Gasteiger partial charge in [-0.05, 0) is 47.5 Å². The first-order chi connectivity index (χ1) is 14.3. The van der Waals surface area contributed by atoms with Crippen LogP contribution < -0.4 is 5.73 Å². The van der Waals surface area contributed by atoms with Crippen LogP contribution in [0, 0.1) is 11.3 Å². The quantitative estimate of drug-likeness (QED) is 0.568. The lowest BCUT2D eigenvalue weighted by Gasteiger charge is -2.27. The SMILES string of the molecule is N#Cc1cccc(C(c2nccc(N)n2)C(c2cccnc2)c2ccccn2)c1. The van der Waals surface area contributed by atoms with Crippen LogP contribution in [0.1, 0.15) is 40.0 Å². The smallest absolute Gasteiger partial charge is 0.139 e. The Morgan fingerprint density at radius 2 is 1.72 bits per heavy atom. The van der Waals surface area contributed by atoms with Crippen LogP contribution in [0.4, 0.5) is 5.82 Å². The number of hydrogen-bond donors (Lipinski definition) is 1. The topological polar surface area (TPSA) is 101 Å². The molecule has 0 amide bonds. The molecule has 6 heteroatoms. The minimum absolute atomic E-state index is 0.208. The second-order valence-corrected chi connectivity index (χ2v) is 6.57. The molecule has 140 valence electrons. The molecule has 2 N–H and O–H groups in total. The van der Waals surface area contributed by atoms with Gasteiger partial charge in [-0.2, -0.15) is 5.26 Å². The average Bonchev–Trinajstić information content (AvgIpc) is 2.78. The summed E-state index contributed by atoms with van der Waals surface area (Å²) >= 11 is 0. The van der Waals surface area contributed by atoms with Gasteiger partial charge in [-0.15, -0.1) is 0 Å². The summed E-state index contributed by atoms with van der Waals surface area (Å²) in [7, 11) is 0. The Bertz CT molecular complexity index is 1100. The zero-order valence-corrected chi connectivity index (χ0v) is 15.6. The van der Waals surface area contributed by atoms with E-state index >= 15 is 0 Å². The number of aromatic nitrogens is 4. The largest absolute Gasteiger partial charge is 0.384 e. The maximum atomic E-state index is 9.41. The molecule has 0 spiro atoms. The van der Waals surface area contributed by atoms with Crippen molar-refractivity contribution in [2.75, 3.05) is 5.73 Å². The van der Waals surface area contributed by atoms with Crippen LogP contribution in [-0.2, 0) is 0 Å². The molecule has 6 nitrogen and oxygen atoms in total. The first-order valence-electron chi connectivity index (χ1n) is 9.15. The first-order valence-corrected chi connectivity index (χ1v) is 9.15. The number of pyridine rings is 2. The summed E-state index contributed by atoms with van der Waals surface area (Å²) in [6.45, 7) is 0. The molecular formula is C23H18N6. The summed E-state index contributed by atoms with van der Waals surface area (Å²) in [5, 5.41) is 9.41. The molecule has 4 rings (SSSR count). The minimum atomic E-state index is -0.300. The van der Waals surface area contributed by atoms with Crippen molar-refractivity contribution < 1.29 is 0 Å². The van der Waals surface area contributed by atoms with Gasteiger partial charge in [-0.1, -0.05) is 24.3 Å². The van der Waals surface area contributed by atoms with Crippen LogP contribution in [0.5, 0.6) is 0 Å². The molecule has 0 aliphatic heterocycles. The monoisotopic (exact) mass is 378 g/mol. The number of nitrogen functional groups attached to an aromatic ring is 1. The Kier molecular flexibility index (Phi) is 5.21. The van der Waals surface area contributed by atoms with Crippen LogP contribution in [-0.4, -0.2) is 19.9 Å². The third kappa shape index (κ3) is 3.94. The van der Waals surface area contributed by atoms with Crippen molar-refractivity contribution in [1.82, 2.24) is 19.9 Å². The zero-order valence-electron chi connectivity index (χ0n) is 15.6. The van der Waals surface area contributed by atoms with Gasteiger partial charge in [0.05, 0.1) is 17.6 Å². The van der Waals surface area contributed by atoms with Gasteiger partial charge in [-0.25, -0.2) is 9.97 Å². The normalized spacial score (nSPS) is 12.7. The fraction of sp³-hybridized carbons (Fsp3) is 0.0870. The van der Waals surface area contributed by atoms with Crippen LogP contribution in [0.25, 0.3) is 0 Å². The van der Waals surface area contributed by atoms with E-state index in [1.54, 1.807) is 30.7 Å². The number of rotatable bonds is 5. The highest BCUT2D eigenvalue weighted by atomic mass is 14.9. The first kappa shape index (κ1) is 18.3. The lowest BCUT2D eigenvalue weighted by Crippen LogP contribution is -2.19. The highest BCUT2D eigenvalue weighted by Crippen LogP contribution is 2.40. The third-order valence-electron chi connectivity index (χ3n) is 4.73. The van der Waals surface area contributed by atoms with E-state index in [0.29, 0.717) is 17.2 Å². The van der Waals surface area contributed by atoms with Crippen LogP contribution in [0.15, 0.2) is 85.5 Å². The molecule has 0 saturated carbocycles. The summed E-state index contributed by atoms with van der Waals surface area (Å²) in [5.41, 5.74) is 9.30. The maximum absolute atomic E-state index is 9.41. The predicted molar refractivity (Wildman–Crippen MR) is 110 cm³/mol. The Morgan fingerprint density at radius 1 is 0.828 bits per heavy atom. The average molecular weight is 378 g/mol. The van der Waals surface area contributed by atoms with E-state index in [1.807, 2.05) is 54.7 Å². The van der Waals surface area contributed by atoms with Gasteiger partial charge in [0, 0.05) is 36.4 Å². The summed E-state index contributed by atoms with van der Waals surface area (Å²) in [4.78, 5) is 18.0. The number of hydrogen-bond acceptors (Lipinski definition) is 6. The van der Waals surface area contributed by atoms with Gasteiger partial charge in [0.15, 0.2) is 0 Å². The fourth-order valence-electron chi connectivity index (χ4n) is 3.48. The predicted octanol–water partition coefficient (Wildman–Crippen LogP) is 3.68. The molecule has 2 atom stereocenters. The molecule has 0 aliphatic rings. The molecule has 2 unspecified atom stereocenters. The van der Waals surface area contributed by atoms with Gasteiger partial charge in [0.2, 0.25) is 0 Å². The van der Waals surface area contributed by atoms with E-state index in [-0.39, 0.29) is 11.8 Å². The van der Waals surface area contributed by atoms with Crippen molar-refractivity contribution in [3.8, 4) is 6.07 Å². The van der Waals surface area contributed by atoms with Crippen molar-refractivity contribution in [3.63, 3.8) is 0 Å². The van der Waals surface area contributed by atoms with Gasteiger partial charge < -0.3 is 5.73 Å². The van der Waals surface area contributed by atoms with E-state index in [2.05, 4.69) is 26.0 Å². The van der Waals surface area contributed by atoms with E-state index in [1.165, 1.54) is 0 Å². The number of anilines is 1. The second kappa shape index (κ2) is 8.28. The Balaban J connectivity index is 1.97. The molecule has 3 heterocycles. The summed E-state index contributed by atoms with van der Waals surface area (Å²) in [5.74, 6) is 0.452. The lowest BCUT2D eigenvalue weighted by atomic mass is 9.78. The molecular weight excluding hydrogens is 360 g/mol. The highest BCUT2D eigenvalue weighted by molar-refractivity contribution is 5.43. The van der Waals surface area contributed by atoms with Gasteiger partial charge in [-0.3, -0.25) is 9.97 Å². The molecule has 1 aromatic carbocycles. The van der Waals surface area contributed by atoms with E-state index < -0.39 is 0 Å². The number of nitrogens with two attached hydrogens (primary N) is 1. The molecule has 0 fully saturated rings. The van der Waals surface area contributed by atoms with Crippen molar-refractivity contribution in [2.45, 2.75) is 11.8 Å². The van der Waals surface area contributed by atoms with Crippen molar-refractivity contribution in [1.29, 1.82) is 5.26 Å². The minimum Gasteiger partial charge on any atom is -0.384 e. The van der Waals surface area contributed by atoms with E-state index in [4.69, 9.17) is 5.73 Å². The zero-order chi connectivity index (χ0) is 20.1. The van der Waals surface area contributed by atoms with Gasteiger partial charge in [0.1, 0.15) is 11.6 Å². The summed E-state index contributed by atoms with van der Waals surface area (Å²) < 4.78 is 0. The number of nitriles is 1. The Morgan fingerprint density at radius 3 is 2.45 bits per heavy atom. The number of benzene rings is 1.